The van der Waals surface area contributed by atoms with Gasteiger partial charge in [0.2, 0.25) is 0 Å². The van der Waals surface area contributed by atoms with E-state index >= 15 is 0 Å². The van der Waals surface area contributed by atoms with Gasteiger partial charge in [0.25, 0.3) is 5.91 Å². The smallest absolute Gasteiger partial charge is 0.272 e. The fourth-order valence-electron chi connectivity index (χ4n) is 2.52. The summed E-state index contributed by atoms with van der Waals surface area (Å²) in [4.78, 5) is 18.5. The van der Waals surface area contributed by atoms with E-state index in [-0.39, 0.29) is 5.91 Å². The van der Waals surface area contributed by atoms with E-state index in [0.717, 1.165) is 30.9 Å². The molecule has 1 N–H and O–H groups in total. The van der Waals surface area contributed by atoms with Gasteiger partial charge in [-0.05, 0) is 31.5 Å². The van der Waals surface area contributed by atoms with Crippen molar-refractivity contribution in [1.82, 2.24) is 20.1 Å². The van der Waals surface area contributed by atoms with E-state index < -0.39 is 0 Å². The first kappa shape index (κ1) is 11.9. The van der Waals surface area contributed by atoms with Gasteiger partial charge in [-0.3, -0.25) is 9.89 Å². The summed E-state index contributed by atoms with van der Waals surface area (Å²) in [6.07, 6.45) is 2.72. The van der Waals surface area contributed by atoms with Crippen LogP contribution >= 0.6 is 0 Å². The van der Waals surface area contributed by atoms with Crippen molar-refractivity contribution < 1.29 is 4.79 Å². The number of carbonyl (C=O) groups excluding carboxylic acids is 1. The molecule has 5 heteroatoms. The number of hydrogen-bond donors (Lipinski definition) is 1. The SMILES string of the molecule is Cc1cccc(C(=O)N2CC[C@@H](c3ccn[nH]3)C2)n1. The molecular weight excluding hydrogens is 240 g/mol. The van der Waals surface area contributed by atoms with Crippen LogP contribution in [0.15, 0.2) is 30.5 Å². The Morgan fingerprint density at radius 3 is 3.05 bits per heavy atom. The fourth-order valence-corrected chi connectivity index (χ4v) is 2.52. The summed E-state index contributed by atoms with van der Waals surface area (Å²) in [6.45, 7) is 3.41. The van der Waals surface area contributed by atoms with Crippen LogP contribution in [-0.4, -0.2) is 39.1 Å². The number of aromatic nitrogens is 3. The predicted octanol–water partition coefficient (Wildman–Crippen LogP) is 1.74. The van der Waals surface area contributed by atoms with Crippen LogP contribution in [-0.2, 0) is 0 Å². The lowest BCUT2D eigenvalue weighted by atomic mass is 10.1. The number of hydrogen-bond acceptors (Lipinski definition) is 3. The topological polar surface area (TPSA) is 61.9 Å². The molecular formula is C14H16N4O. The first-order chi connectivity index (χ1) is 9.24. The summed E-state index contributed by atoms with van der Waals surface area (Å²) in [7, 11) is 0. The molecule has 0 bridgehead atoms. The molecule has 1 fully saturated rings. The Labute approximate surface area is 111 Å². The molecule has 1 aliphatic rings. The summed E-state index contributed by atoms with van der Waals surface area (Å²) in [6, 6.07) is 7.52. The van der Waals surface area contributed by atoms with Crippen molar-refractivity contribution in [3.05, 3.63) is 47.5 Å². The number of aryl methyl sites for hydroxylation is 1. The van der Waals surface area contributed by atoms with E-state index in [9.17, 15) is 4.79 Å². The van der Waals surface area contributed by atoms with Gasteiger partial charge in [-0.1, -0.05) is 6.07 Å². The lowest BCUT2D eigenvalue weighted by Crippen LogP contribution is -2.29. The summed E-state index contributed by atoms with van der Waals surface area (Å²) in [5.41, 5.74) is 2.51. The maximum absolute atomic E-state index is 12.4. The predicted molar refractivity (Wildman–Crippen MR) is 70.8 cm³/mol. The zero-order valence-electron chi connectivity index (χ0n) is 10.8. The second-order valence-electron chi connectivity index (χ2n) is 4.91. The molecule has 0 spiro atoms. The van der Waals surface area contributed by atoms with Crippen molar-refractivity contribution in [1.29, 1.82) is 0 Å². The van der Waals surface area contributed by atoms with Gasteiger partial charge in [-0.25, -0.2) is 4.98 Å². The maximum Gasteiger partial charge on any atom is 0.272 e. The second kappa shape index (κ2) is 4.84. The van der Waals surface area contributed by atoms with Crippen LogP contribution in [0.25, 0.3) is 0 Å². The number of amides is 1. The number of nitrogens with zero attached hydrogens (tertiary/aromatic N) is 3. The van der Waals surface area contributed by atoms with Gasteiger partial charge >= 0.3 is 0 Å². The number of pyridine rings is 1. The molecule has 1 aliphatic heterocycles. The molecule has 1 atom stereocenters. The zero-order chi connectivity index (χ0) is 13.2. The highest BCUT2D eigenvalue weighted by Gasteiger charge is 2.29. The van der Waals surface area contributed by atoms with Crippen molar-refractivity contribution in [3.8, 4) is 0 Å². The Kier molecular flexibility index (Phi) is 3.03. The molecule has 5 nitrogen and oxygen atoms in total. The minimum absolute atomic E-state index is 0.0192. The molecule has 0 aliphatic carbocycles. The summed E-state index contributed by atoms with van der Waals surface area (Å²) >= 11 is 0. The molecule has 98 valence electrons. The standard InChI is InChI=1S/C14H16N4O/c1-10-3-2-4-13(16-10)14(19)18-8-6-11(9-18)12-5-7-15-17-12/h2-5,7,11H,6,8-9H2,1H3,(H,15,17)/t11-/m1/s1. The maximum atomic E-state index is 12.4. The van der Waals surface area contributed by atoms with Crippen molar-refractivity contribution in [2.75, 3.05) is 13.1 Å². The molecule has 2 aromatic rings. The van der Waals surface area contributed by atoms with E-state index in [1.807, 2.05) is 30.0 Å². The molecule has 0 saturated carbocycles. The summed E-state index contributed by atoms with van der Waals surface area (Å²) in [5, 5.41) is 6.95. The quantitative estimate of drug-likeness (QED) is 0.890. The molecule has 0 unspecified atom stereocenters. The minimum Gasteiger partial charge on any atom is -0.337 e. The monoisotopic (exact) mass is 256 g/mol. The van der Waals surface area contributed by atoms with Crippen LogP contribution in [0, 0.1) is 6.92 Å². The highest BCUT2D eigenvalue weighted by Crippen LogP contribution is 2.26. The minimum atomic E-state index is 0.0192. The first-order valence-corrected chi connectivity index (χ1v) is 6.46. The molecule has 3 heterocycles. The third-order valence-electron chi connectivity index (χ3n) is 3.55. The number of H-pyrrole nitrogens is 1. The van der Waals surface area contributed by atoms with Gasteiger partial charge < -0.3 is 4.90 Å². The van der Waals surface area contributed by atoms with Gasteiger partial charge in [0.1, 0.15) is 5.69 Å². The largest absolute Gasteiger partial charge is 0.337 e. The van der Waals surface area contributed by atoms with Gasteiger partial charge in [0.05, 0.1) is 0 Å². The van der Waals surface area contributed by atoms with E-state index in [2.05, 4.69) is 15.2 Å². The zero-order valence-corrected chi connectivity index (χ0v) is 10.8. The average Bonchev–Trinajstić information content (AvgIpc) is 3.08. The number of carbonyl (C=O) groups is 1. The lowest BCUT2D eigenvalue weighted by molar-refractivity contribution is 0.0784. The van der Waals surface area contributed by atoms with Crippen LogP contribution in [0.1, 0.15) is 34.2 Å². The van der Waals surface area contributed by atoms with E-state index in [1.165, 1.54) is 0 Å². The van der Waals surface area contributed by atoms with Gasteiger partial charge in [-0.2, -0.15) is 5.10 Å². The highest BCUT2D eigenvalue weighted by molar-refractivity contribution is 5.92. The summed E-state index contributed by atoms with van der Waals surface area (Å²) in [5.74, 6) is 0.377. The molecule has 0 aromatic carbocycles. The number of nitrogens with one attached hydrogen (secondary N) is 1. The van der Waals surface area contributed by atoms with Crippen LogP contribution in [0.4, 0.5) is 0 Å². The normalized spacial score (nSPS) is 18.8. The van der Waals surface area contributed by atoms with E-state index in [0.29, 0.717) is 11.6 Å². The lowest BCUT2D eigenvalue weighted by Gasteiger charge is -2.15. The second-order valence-corrected chi connectivity index (χ2v) is 4.91. The van der Waals surface area contributed by atoms with Crippen LogP contribution in [0.2, 0.25) is 0 Å². The number of aromatic amines is 1. The van der Waals surface area contributed by atoms with Crippen LogP contribution in [0.5, 0.6) is 0 Å². The molecule has 3 rings (SSSR count). The molecule has 19 heavy (non-hydrogen) atoms. The average molecular weight is 256 g/mol. The van der Waals surface area contributed by atoms with Crippen molar-refractivity contribution in [2.24, 2.45) is 0 Å². The number of rotatable bonds is 2. The Morgan fingerprint density at radius 2 is 2.32 bits per heavy atom. The van der Waals surface area contributed by atoms with Gasteiger partial charge in [0, 0.05) is 36.6 Å². The van der Waals surface area contributed by atoms with Crippen LogP contribution < -0.4 is 0 Å². The van der Waals surface area contributed by atoms with Crippen molar-refractivity contribution >= 4 is 5.91 Å². The van der Waals surface area contributed by atoms with Crippen LogP contribution in [0.3, 0.4) is 0 Å². The van der Waals surface area contributed by atoms with Crippen molar-refractivity contribution in [2.45, 2.75) is 19.3 Å². The Hall–Kier alpha value is -2.17. The van der Waals surface area contributed by atoms with E-state index in [4.69, 9.17) is 0 Å². The molecule has 1 saturated heterocycles. The highest BCUT2D eigenvalue weighted by atomic mass is 16.2. The van der Waals surface area contributed by atoms with Gasteiger partial charge in [0.15, 0.2) is 0 Å². The number of likely N-dealkylation sites (tertiary alicyclic amines) is 1. The fraction of sp³-hybridized carbons (Fsp3) is 0.357. The van der Waals surface area contributed by atoms with E-state index in [1.54, 1.807) is 12.3 Å². The van der Waals surface area contributed by atoms with Gasteiger partial charge in [-0.15, -0.1) is 0 Å². The molecule has 2 aromatic heterocycles. The Balaban J connectivity index is 1.73. The molecule has 0 radical (unpaired) electrons. The molecule has 1 amide bonds. The third-order valence-corrected chi connectivity index (χ3v) is 3.55. The Morgan fingerprint density at radius 1 is 1.42 bits per heavy atom. The first-order valence-electron chi connectivity index (χ1n) is 6.46. The summed E-state index contributed by atoms with van der Waals surface area (Å²) < 4.78 is 0. The van der Waals surface area contributed by atoms with Crippen molar-refractivity contribution in [3.63, 3.8) is 0 Å². The Bertz CT molecular complexity index is 579. The third kappa shape index (κ3) is 2.36.